The van der Waals surface area contributed by atoms with Crippen molar-refractivity contribution in [3.63, 3.8) is 0 Å². The summed E-state index contributed by atoms with van der Waals surface area (Å²) >= 11 is 1.46. The van der Waals surface area contributed by atoms with Gasteiger partial charge in [-0.05, 0) is 36.8 Å². The number of hydrogen-bond acceptors (Lipinski definition) is 4. The largest absolute Gasteiger partial charge is 0.396 e. The molecule has 2 heterocycles. The smallest absolute Gasteiger partial charge is 0.146 e. The van der Waals surface area contributed by atoms with Gasteiger partial charge < -0.3 is 5.73 Å². The molecule has 2 N–H and O–H groups in total. The van der Waals surface area contributed by atoms with Crippen molar-refractivity contribution in [2.24, 2.45) is 0 Å². The number of nitrogen functional groups attached to an aromatic ring is 1. The van der Waals surface area contributed by atoms with Crippen molar-refractivity contribution >= 4 is 27.4 Å². The first-order valence-corrected chi connectivity index (χ1v) is 6.81. The number of aromatic nitrogens is 2. The van der Waals surface area contributed by atoms with Crippen LogP contribution in [0.25, 0.3) is 20.9 Å². The van der Waals surface area contributed by atoms with Crippen LogP contribution in [0.1, 0.15) is 12.6 Å². The number of hydrogen-bond donors (Lipinski definition) is 1. The summed E-state index contributed by atoms with van der Waals surface area (Å²) in [6.07, 6.45) is 0.889. The predicted octanol–water partition coefficient (Wildman–Crippen LogP) is 3.64. The Kier molecular flexibility index (Phi) is 2.91. The Morgan fingerprint density at radius 1 is 1.21 bits per heavy atom. The van der Waals surface area contributed by atoms with Crippen LogP contribution in [-0.4, -0.2) is 9.97 Å². The van der Waals surface area contributed by atoms with Gasteiger partial charge in [0, 0.05) is 11.3 Å². The van der Waals surface area contributed by atoms with Crippen LogP contribution in [0.3, 0.4) is 0 Å². The van der Waals surface area contributed by atoms with E-state index in [2.05, 4.69) is 16.9 Å². The van der Waals surface area contributed by atoms with Gasteiger partial charge in [-0.2, -0.15) is 0 Å². The monoisotopic (exact) mass is 273 g/mol. The fourth-order valence-electron chi connectivity index (χ4n) is 1.84. The number of aryl methyl sites for hydroxylation is 1. The number of rotatable bonds is 2. The zero-order valence-corrected chi connectivity index (χ0v) is 11.2. The van der Waals surface area contributed by atoms with E-state index in [-0.39, 0.29) is 5.69 Å². The molecule has 3 rings (SSSR count). The van der Waals surface area contributed by atoms with Gasteiger partial charge in [-0.15, -0.1) is 0 Å². The number of nitrogens with zero attached hydrogens (tertiary/aromatic N) is 2. The lowest BCUT2D eigenvalue weighted by Gasteiger charge is -1.98. The van der Waals surface area contributed by atoms with Crippen molar-refractivity contribution < 1.29 is 4.39 Å². The van der Waals surface area contributed by atoms with Gasteiger partial charge in [0.2, 0.25) is 0 Å². The fourth-order valence-corrected chi connectivity index (χ4v) is 2.79. The Morgan fingerprint density at radius 3 is 2.79 bits per heavy atom. The molecule has 0 aliphatic carbocycles. The highest BCUT2D eigenvalue weighted by Gasteiger charge is 2.09. The molecule has 2 aromatic heterocycles. The van der Waals surface area contributed by atoms with E-state index < -0.39 is 5.82 Å². The number of nitrogens with two attached hydrogens (primary N) is 1. The van der Waals surface area contributed by atoms with Gasteiger partial charge in [0.15, 0.2) is 0 Å². The van der Waals surface area contributed by atoms with Crippen molar-refractivity contribution in [3.8, 4) is 10.6 Å². The molecule has 3 nitrogen and oxygen atoms in total. The Labute approximate surface area is 113 Å². The summed E-state index contributed by atoms with van der Waals surface area (Å²) in [5.74, 6) is -0.418. The molecule has 0 fully saturated rings. The van der Waals surface area contributed by atoms with Crippen LogP contribution in [0.15, 0.2) is 30.3 Å². The third-order valence-electron chi connectivity index (χ3n) is 2.92. The van der Waals surface area contributed by atoms with Gasteiger partial charge in [0.1, 0.15) is 21.2 Å². The number of halogens is 1. The van der Waals surface area contributed by atoms with Crippen LogP contribution in [0.4, 0.5) is 10.1 Å². The van der Waals surface area contributed by atoms with Crippen molar-refractivity contribution in [1.82, 2.24) is 9.97 Å². The summed E-state index contributed by atoms with van der Waals surface area (Å²) < 4.78 is 13.5. The highest BCUT2D eigenvalue weighted by atomic mass is 32.1. The molecule has 0 aliphatic rings. The SMILES string of the molecule is CCc1ccc2nc(-c3ccc(N)c(F)c3)sc2n1. The highest BCUT2D eigenvalue weighted by Crippen LogP contribution is 2.30. The summed E-state index contributed by atoms with van der Waals surface area (Å²) in [7, 11) is 0. The second-order valence-electron chi connectivity index (χ2n) is 4.24. The molecule has 0 amide bonds. The topological polar surface area (TPSA) is 51.8 Å². The Balaban J connectivity index is 2.11. The van der Waals surface area contributed by atoms with Crippen LogP contribution >= 0.6 is 11.3 Å². The lowest BCUT2D eigenvalue weighted by atomic mass is 10.2. The minimum absolute atomic E-state index is 0.149. The van der Waals surface area contributed by atoms with Crippen molar-refractivity contribution in [1.29, 1.82) is 0 Å². The average molecular weight is 273 g/mol. The Hall–Kier alpha value is -2.01. The van der Waals surface area contributed by atoms with E-state index in [1.54, 1.807) is 12.1 Å². The fraction of sp³-hybridized carbons (Fsp3) is 0.143. The standard InChI is InChI=1S/C14H12FN3S/c1-2-9-4-6-12-14(17-9)19-13(18-12)8-3-5-11(16)10(15)7-8/h3-7H,2,16H2,1H3. The van der Waals surface area contributed by atoms with E-state index in [4.69, 9.17) is 5.73 Å². The van der Waals surface area contributed by atoms with E-state index >= 15 is 0 Å². The molecule has 0 unspecified atom stereocenters. The molecule has 0 aliphatic heterocycles. The number of anilines is 1. The molecule has 0 saturated carbocycles. The molecular weight excluding hydrogens is 261 g/mol. The van der Waals surface area contributed by atoms with Crippen molar-refractivity contribution in [3.05, 3.63) is 41.8 Å². The summed E-state index contributed by atoms with van der Waals surface area (Å²) in [5, 5.41) is 0.759. The predicted molar refractivity (Wildman–Crippen MR) is 76.6 cm³/mol. The van der Waals surface area contributed by atoms with Crippen molar-refractivity contribution in [2.45, 2.75) is 13.3 Å². The number of thiazole rings is 1. The molecule has 5 heteroatoms. The third-order valence-corrected chi connectivity index (χ3v) is 3.94. The molecule has 0 atom stereocenters. The second kappa shape index (κ2) is 4.59. The lowest BCUT2D eigenvalue weighted by molar-refractivity contribution is 0.633. The maximum Gasteiger partial charge on any atom is 0.146 e. The van der Waals surface area contributed by atoms with Crippen LogP contribution in [0.5, 0.6) is 0 Å². The van der Waals surface area contributed by atoms with E-state index in [9.17, 15) is 4.39 Å². The van der Waals surface area contributed by atoms with Gasteiger partial charge in [-0.3, -0.25) is 0 Å². The van der Waals surface area contributed by atoms with Gasteiger partial charge in [-0.25, -0.2) is 14.4 Å². The molecule has 19 heavy (non-hydrogen) atoms. The minimum atomic E-state index is -0.418. The van der Waals surface area contributed by atoms with Crippen LogP contribution in [-0.2, 0) is 6.42 Å². The van der Waals surface area contributed by atoms with Gasteiger partial charge in [-0.1, -0.05) is 18.3 Å². The zero-order valence-electron chi connectivity index (χ0n) is 10.4. The number of benzene rings is 1. The van der Waals surface area contributed by atoms with E-state index in [1.165, 1.54) is 17.4 Å². The second-order valence-corrected chi connectivity index (χ2v) is 5.21. The first kappa shape index (κ1) is 12.0. The molecule has 0 spiro atoms. The number of pyridine rings is 1. The van der Waals surface area contributed by atoms with Crippen molar-refractivity contribution in [2.75, 3.05) is 5.73 Å². The summed E-state index contributed by atoms with van der Waals surface area (Å²) in [6, 6.07) is 8.66. The van der Waals surface area contributed by atoms with E-state index in [1.807, 2.05) is 12.1 Å². The Morgan fingerprint density at radius 2 is 2.05 bits per heavy atom. The first-order valence-electron chi connectivity index (χ1n) is 5.99. The number of fused-ring (bicyclic) bond motifs is 1. The first-order chi connectivity index (χ1) is 9.17. The summed E-state index contributed by atoms with van der Waals surface area (Å²) in [4.78, 5) is 9.88. The molecular formula is C14H12FN3S. The molecule has 96 valence electrons. The van der Waals surface area contributed by atoms with E-state index in [0.29, 0.717) is 0 Å². The van der Waals surface area contributed by atoms with Gasteiger partial charge in [0.25, 0.3) is 0 Å². The molecule has 0 bridgehead atoms. The molecule has 0 radical (unpaired) electrons. The average Bonchev–Trinajstić information content (AvgIpc) is 2.84. The van der Waals surface area contributed by atoms with Gasteiger partial charge in [0.05, 0.1) is 5.69 Å². The minimum Gasteiger partial charge on any atom is -0.396 e. The highest BCUT2D eigenvalue weighted by molar-refractivity contribution is 7.21. The zero-order chi connectivity index (χ0) is 13.4. The quantitative estimate of drug-likeness (QED) is 0.725. The van der Waals surface area contributed by atoms with Crippen LogP contribution < -0.4 is 5.73 Å². The van der Waals surface area contributed by atoms with Crippen LogP contribution in [0.2, 0.25) is 0 Å². The van der Waals surface area contributed by atoms with Crippen LogP contribution in [0, 0.1) is 5.82 Å². The molecule has 1 aromatic carbocycles. The maximum atomic E-state index is 13.5. The Bertz CT molecular complexity index is 752. The maximum absolute atomic E-state index is 13.5. The third kappa shape index (κ3) is 2.17. The van der Waals surface area contributed by atoms with E-state index in [0.717, 1.165) is 33.0 Å². The molecule has 0 saturated heterocycles. The summed E-state index contributed by atoms with van der Waals surface area (Å²) in [5.41, 5.74) is 8.23. The van der Waals surface area contributed by atoms with Gasteiger partial charge >= 0.3 is 0 Å². The molecule has 3 aromatic rings. The summed E-state index contributed by atoms with van der Waals surface area (Å²) in [6.45, 7) is 2.06. The normalized spacial score (nSPS) is 11.1. The lowest BCUT2D eigenvalue weighted by Crippen LogP contribution is -1.90.